The Balaban J connectivity index is 2.12. The molecule has 1 saturated carbocycles. The van der Waals surface area contributed by atoms with Crippen LogP contribution in [0.3, 0.4) is 0 Å². The molecule has 0 radical (unpaired) electrons. The summed E-state index contributed by atoms with van der Waals surface area (Å²) < 4.78 is 5.51. The van der Waals surface area contributed by atoms with Gasteiger partial charge in [-0.1, -0.05) is 6.92 Å². The van der Waals surface area contributed by atoms with Crippen LogP contribution < -0.4 is 4.74 Å². The Morgan fingerprint density at radius 1 is 1.45 bits per heavy atom. The fourth-order valence-electron chi connectivity index (χ4n) is 2.66. The molecule has 6 heteroatoms. The molecule has 1 aliphatic rings. The summed E-state index contributed by atoms with van der Waals surface area (Å²) in [6, 6.07) is 4.13. The quantitative estimate of drug-likeness (QED) is 0.513. The van der Waals surface area contributed by atoms with Gasteiger partial charge in [0, 0.05) is 11.6 Å². The number of aliphatic hydroxyl groups is 1. The Morgan fingerprint density at radius 2 is 2.09 bits per heavy atom. The first-order valence-electron chi connectivity index (χ1n) is 7.45. The van der Waals surface area contributed by atoms with E-state index in [0.717, 1.165) is 12.8 Å². The van der Waals surface area contributed by atoms with Crippen molar-refractivity contribution in [2.24, 2.45) is 5.92 Å². The van der Waals surface area contributed by atoms with E-state index in [1.54, 1.807) is 0 Å². The van der Waals surface area contributed by atoms with E-state index in [2.05, 4.69) is 6.92 Å². The lowest BCUT2D eigenvalue weighted by atomic mass is 9.80. The Bertz CT molecular complexity index is 576. The monoisotopic (exact) mass is 307 g/mol. The molecule has 1 aliphatic carbocycles. The molecule has 0 unspecified atom stereocenters. The number of rotatable bonds is 5. The molecule has 120 valence electrons. The molecule has 1 N–H and O–H groups in total. The third-order valence-corrected chi connectivity index (χ3v) is 4.26. The number of ether oxygens (including phenoxy) is 1. The molecule has 0 atom stereocenters. The summed E-state index contributed by atoms with van der Waals surface area (Å²) >= 11 is 0. The van der Waals surface area contributed by atoms with Crippen molar-refractivity contribution in [1.29, 1.82) is 0 Å². The number of benzene rings is 1. The van der Waals surface area contributed by atoms with E-state index < -0.39 is 10.5 Å². The first-order valence-corrected chi connectivity index (χ1v) is 7.45. The van der Waals surface area contributed by atoms with E-state index in [4.69, 9.17) is 4.74 Å². The van der Waals surface area contributed by atoms with Crippen LogP contribution >= 0.6 is 0 Å². The van der Waals surface area contributed by atoms with Gasteiger partial charge in [-0.25, -0.2) is 0 Å². The fraction of sp³-hybridized carbons (Fsp3) is 0.562. The van der Waals surface area contributed by atoms with Crippen LogP contribution in [0.15, 0.2) is 18.2 Å². The second kappa shape index (κ2) is 6.44. The normalized spacial score (nSPS) is 24.8. The lowest BCUT2D eigenvalue weighted by molar-refractivity contribution is -0.386. The summed E-state index contributed by atoms with van der Waals surface area (Å²) in [6.45, 7) is 3.53. The predicted octanol–water partition coefficient (Wildman–Crippen LogP) is 3.12. The number of carbonyl (C=O) groups excluding carboxylic acids is 1. The maximum absolute atomic E-state index is 11.3. The van der Waals surface area contributed by atoms with Crippen LogP contribution in [-0.4, -0.2) is 28.0 Å². The molecule has 0 amide bonds. The number of nitrogens with zero attached hydrogens (tertiary/aromatic N) is 1. The molecule has 0 bridgehead atoms. The molecular formula is C16H21NO5. The van der Waals surface area contributed by atoms with Gasteiger partial charge >= 0.3 is 5.69 Å². The van der Waals surface area contributed by atoms with Crippen molar-refractivity contribution in [3.05, 3.63) is 33.9 Å². The molecule has 1 aromatic carbocycles. The maximum atomic E-state index is 11.3. The molecular weight excluding hydrogens is 286 g/mol. The lowest BCUT2D eigenvalue weighted by Gasteiger charge is -2.34. The molecule has 0 spiro atoms. The predicted molar refractivity (Wildman–Crippen MR) is 81.2 cm³/mol. The highest BCUT2D eigenvalue weighted by atomic mass is 16.6. The van der Waals surface area contributed by atoms with E-state index in [1.807, 2.05) is 0 Å². The zero-order valence-corrected chi connectivity index (χ0v) is 12.9. The van der Waals surface area contributed by atoms with Gasteiger partial charge in [0.05, 0.1) is 10.5 Å². The van der Waals surface area contributed by atoms with Gasteiger partial charge < -0.3 is 9.84 Å². The van der Waals surface area contributed by atoms with Crippen molar-refractivity contribution < 1.29 is 19.6 Å². The highest BCUT2D eigenvalue weighted by Crippen LogP contribution is 2.34. The summed E-state index contributed by atoms with van der Waals surface area (Å²) in [4.78, 5) is 21.9. The van der Waals surface area contributed by atoms with Crippen molar-refractivity contribution in [2.75, 3.05) is 6.61 Å². The molecule has 1 fully saturated rings. The number of Topliss-reactive ketones (excluding diaryl/α,β-unsaturated/α-hetero) is 1. The summed E-state index contributed by atoms with van der Waals surface area (Å²) in [5.41, 5.74) is -0.913. The van der Waals surface area contributed by atoms with Crippen LogP contribution in [-0.2, 0) is 0 Å². The minimum Gasteiger partial charge on any atom is -0.484 e. The zero-order valence-electron chi connectivity index (χ0n) is 12.9. The van der Waals surface area contributed by atoms with Crippen molar-refractivity contribution in [3.63, 3.8) is 0 Å². The molecule has 0 saturated heterocycles. The topological polar surface area (TPSA) is 89.7 Å². The molecule has 0 aliphatic heterocycles. The summed E-state index contributed by atoms with van der Waals surface area (Å²) in [5.74, 6) is 0.432. The largest absolute Gasteiger partial charge is 0.484 e. The lowest BCUT2D eigenvalue weighted by Crippen LogP contribution is -2.39. The molecule has 22 heavy (non-hydrogen) atoms. The van der Waals surface area contributed by atoms with E-state index >= 15 is 0 Å². The Hall–Kier alpha value is -1.95. The smallest absolute Gasteiger partial charge is 0.311 e. The van der Waals surface area contributed by atoms with Gasteiger partial charge in [-0.15, -0.1) is 0 Å². The highest BCUT2D eigenvalue weighted by molar-refractivity contribution is 5.95. The number of nitro benzene ring substituents is 1. The van der Waals surface area contributed by atoms with Crippen LogP contribution in [0.4, 0.5) is 5.69 Å². The highest BCUT2D eigenvalue weighted by Gasteiger charge is 2.33. The first-order chi connectivity index (χ1) is 10.3. The summed E-state index contributed by atoms with van der Waals surface area (Å²) in [7, 11) is 0. The van der Waals surface area contributed by atoms with Crippen LogP contribution in [0, 0.1) is 16.0 Å². The van der Waals surface area contributed by atoms with E-state index in [0.29, 0.717) is 18.8 Å². The standard InChI is InChI=1S/C16H21NO5/c1-11-5-7-16(19,8-6-11)10-22-15-4-3-13(12(2)18)9-14(15)17(20)21/h3-4,9,11,19H,5-8,10H2,1-2H3. The first kappa shape index (κ1) is 16.4. The Kier molecular flexibility index (Phi) is 4.81. The molecule has 2 rings (SSSR count). The third kappa shape index (κ3) is 3.82. The van der Waals surface area contributed by atoms with Crippen LogP contribution in [0.25, 0.3) is 0 Å². The number of ketones is 1. The van der Waals surface area contributed by atoms with Crippen LogP contribution in [0.1, 0.15) is 49.9 Å². The summed E-state index contributed by atoms with van der Waals surface area (Å²) in [5, 5.41) is 21.6. The van der Waals surface area contributed by atoms with Crippen molar-refractivity contribution in [1.82, 2.24) is 0 Å². The average molecular weight is 307 g/mol. The number of carbonyl (C=O) groups is 1. The Labute approximate surface area is 129 Å². The van der Waals surface area contributed by atoms with Gasteiger partial charge in [0.25, 0.3) is 0 Å². The van der Waals surface area contributed by atoms with Crippen molar-refractivity contribution in [2.45, 2.75) is 45.1 Å². The third-order valence-electron chi connectivity index (χ3n) is 4.26. The second-order valence-corrected chi connectivity index (χ2v) is 6.19. The van der Waals surface area contributed by atoms with Gasteiger partial charge in [-0.2, -0.15) is 0 Å². The molecule has 1 aromatic rings. The Morgan fingerprint density at radius 3 is 2.64 bits per heavy atom. The number of hydrogen-bond acceptors (Lipinski definition) is 5. The molecule has 0 aromatic heterocycles. The van der Waals surface area contributed by atoms with Crippen LogP contribution in [0.2, 0.25) is 0 Å². The van der Waals surface area contributed by atoms with Gasteiger partial charge in [0.15, 0.2) is 11.5 Å². The second-order valence-electron chi connectivity index (χ2n) is 6.19. The molecule has 0 heterocycles. The van der Waals surface area contributed by atoms with Crippen LogP contribution in [0.5, 0.6) is 5.75 Å². The minimum atomic E-state index is -0.931. The minimum absolute atomic E-state index is 0.0278. The molecule has 6 nitrogen and oxygen atoms in total. The average Bonchev–Trinajstić information content (AvgIpc) is 2.48. The SMILES string of the molecule is CC(=O)c1ccc(OCC2(O)CCC(C)CC2)c([N+](=O)[O-])c1. The number of nitro groups is 1. The van der Waals surface area contributed by atoms with Gasteiger partial charge in [-0.05, 0) is 50.7 Å². The van der Waals surface area contributed by atoms with E-state index in [1.165, 1.54) is 25.1 Å². The van der Waals surface area contributed by atoms with Crippen molar-refractivity contribution >= 4 is 11.5 Å². The number of hydrogen-bond donors (Lipinski definition) is 1. The zero-order chi connectivity index (χ0) is 16.3. The maximum Gasteiger partial charge on any atom is 0.311 e. The van der Waals surface area contributed by atoms with Gasteiger partial charge in [-0.3, -0.25) is 14.9 Å². The van der Waals surface area contributed by atoms with E-state index in [-0.39, 0.29) is 29.4 Å². The van der Waals surface area contributed by atoms with Crippen molar-refractivity contribution in [3.8, 4) is 5.75 Å². The van der Waals surface area contributed by atoms with E-state index in [9.17, 15) is 20.0 Å². The van der Waals surface area contributed by atoms with Gasteiger partial charge in [0.1, 0.15) is 6.61 Å². The fourth-order valence-corrected chi connectivity index (χ4v) is 2.66. The van der Waals surface area contributed by atoms with Gasteiger partial charge in [0.2, 0.25) is 0 Å². The summed E-state index contributed by atoms with van der Waals surface area (Å²) in [6.07, 6.45) is 3.11.